The maximum atomic E-state index is 13.6. The Kier molecular flexibility index (Phi) is 4.53. The zero-order valence-corrected chi connectivity index (χ0v) is 11.2. The fourth-order valence-corrected chi connectivity index (χ4v) is 1.97. The number of anilines is 1. The van der Waals surface area contributed by atoms with Gasteiger partial charge in [-0.1, -0.05) is 30.3 Å². The number of benzene rings is 2. The summed E-state index contributed by atoms with van der Waals surface area (Å²) in [7, 11) is 1.67. The van der Waals surface area contributed by atoms with Crippen LogP contribution in [0.2, 0.25) is 0 Å². The van der Waals surface area contributed by atoms with Crippen LogP contribution < -0.4 is 5.32 Å². The molecule has 0 unspecified atom stereocenters. The van der Waals surface area contributed by atoms with Crippen molar-refractivity contribution in [3.63, 3.8) is 0 Å². The van der Waals surface area contributed by atoms with Gasteiger partial charge < -0.3 is 10.1 Å². The molecule has 2 nitrogen and oxygen atoms in total. The fraction of sp³-hybridized carbons (Fsp3) is 0.250. The summed E-state index contributed by atoms with van der Waals surface area (Å²) in [4.78, 5) is 0. The molecule has 100 valence electrons. The Bertz CT molecular complexity index is 554. The molecule has 0 amide bonds. The van der Waals surface area contributed by atoms with Crippen LogP contribution in [0.1, 0.15) is 16.7 Å². The maximum Gasteiger partial charge on any atom is 0.146 e. The first-order valence-electron chi connectivity index (χ1n) is 6.26. The van der Waals surface area contributed by atoms with E-state index in [1.165, 1.54) is 6.07 Å². The highest BCUT2D eigenvalue weighted by Gasteiger charge is 2.02. The fourth-order valence-electron chi connectivity index (χ4n) is 1.97. The van der Waals surface area contributed by atoms with Gasteiger partial charge in [0.25, 0.3) is 0 Å². The van der Waals surface area contributed by atoms with Crippen LogP contribution in [0, 0.1) is 12.7 Å². The number of hydrogen-bond donors (Lipinski definition) is 1. The molecule has 2 aromatic carbocycles. The van der Waals surface area contributed by atoms with Gasteiger partial charge in [-0.3, -0.25) is 0 Å². The van der Waals surface area contributed by atoms with Gasteiger partial charge in [0.1, 0.15) is 5.82 Å². The van der Waals surface area contributed by atoms with Crippen molar-refractivity contribution in [1.29, 1.82) is 0 Å². The quantitative estimate of drug-likeness (QED) is 0.879. The molecular formula is C16H18FNO. The van der Waals surface area contributed by atoms with E-state index in [0.717, 1.165) is 16.7 Å². The lowest BCUT2D eigenvalue weighted by Gasteiger charge is -2.09. The Balaban J connectivity index is 2.05. The van der Waals surface area contributed by atoms with Crippen molar-refractivity contribution in [2.24, 2.45) is 0 Å². The molecule has 2 aromatic rings. The molecule has 0 saturated heterocycles. The Morgan fingerprint density at radius 2 is 1.89 bits per heavy atom. The molecule has 0 aliphatic heterocycles. The second kappa shape index (κ2) is 6.34. The van der Waals surface area contributed by atoms with Crippen LogP contribution in [0.15, 0.2) is 42.5 Å². The minimum atomic E-state index is -0.223. The van der Waals surface area contributed by atoms with E-state index in [4.69, 9.17) is 4.74 Å². The minimum Gasteiger partial charge on any atom is -0.380 e. The zero-order chi connectivity index (χ0) is 13.7. The number of ether oxygens (including phenoxy) is 1. The first-order chi connectivity index (χ1) is 9.19. The Hall–Kier alpha value is -1.87. The monoisotopic (exact) mass is 259 g/mol. The smallest absolute Gasteiger partial charge is 0.146 e. The Labute approximate surface area is 113 Å². The summed E-state index contributed by atoms with van der Waals surface area (Å²) < 4.78 is 18.7. The van der Waals surface area contributed by atoms with E-state index in [1.807, 2.05) is 31.2 Å². The molecule has 0 aliphatic rings. The molecule has 19 heavy (non-hydrogen) atoms. The highest BCUT2D eigenvalue weighted by Crippen LogP contribution is 2.17. The summed E-state index contributed by atoms with van der Waals surface area (Å²) in [5, 5.41) is 3.12. The molecule has 0 heterocycles. The second-order valence-electron chi connectivity index (χ2n) is 4.59. The Morgan fingerprint density at radius 3 is 2.68 bits per heavy atom. The highest BCUT2D eigenvalue weighted by atomic mass is 19.1. The van der Waals surface area contributed by atoms with Crippen LogP contribution in [0.3, 0.4) is 0 Å². The molecule has 0 bridgehead atoms. The average molecular weight is 259 g/mol. The van der Waals surface area contributed by atoms with Crippen molar-refractivity contribution < 1.29 is 9.13 Å². The number of methoxy groups -OCH3 is 1. The molecule has 0 atom stereocenters. The van der Waals surface area contributed by atoms with Crippen molar-refractivity contribution in [2.45, 2.75) is 20.1 Å². The van der Waals surface area contributed by atoms with Crippen molar-refractivity contribution in [3.8, 4) is 0 Å². The van der Waals surface area contributed by atoms with Gasteiger partial charge in [0, 0.05) is 13.7 Å². The highest BCUT2D eigenvalue weighted by molar-refractivity contribution is 5.47. The van der Waals surface area contributed by atoms with Gasteiger partial charge in [0.05, 0.1) is 12.3 Å². The number of rotatable bonds is 5. The third-order valence-electron chi connectivity index (χ3n) is 2.91. The van der Waals surface area contributed by atoms with Gasteiger partial charge in [0.2, 0.25) is 0 Å². The van der Waals surface area contributed by atoms with Crippen LogP contribution in [0.5, 0.6) is 0 Å². The lowest BCUT2D eigenvalue weighted by Crippen LogP contribution is -2.02. The summed E-state index contributed by atoms with van der Waals surface area (Å²) in [5.41, 5.74) is 3.80. The van der Waals surface area contributed by atoms with E-state index in [-0.39, 0.29) is 5.82 Å². The lowest BCUT2D eigenvalue weighted by atomic mass is 10.1. The summed E-state index contributed by atoms with van der Waals surface area (Å²) in [6.45, 7) is 3.13. The first-order valence-corrected chi connectivity index (χ1v) is 6.26. The van der Waals surface area contributed by atoms with E-state index < -0.39 is 0 Å². The molecule has 0 saturated carbocycles. The van der Waals surface area contributed by atoms with Crippen LogP contribution in [0.25, 0.3) is 0 Å². The van der Waals surface area contributed by atoms with Gasteiger partial charge in [-0.2, -0.15) is 0 Å². The second-order valence-corrected chi connectivity index (χ2v) is 4.59. The van der Waals surface area contributed by atoms with E-state index in [0.29, 0.717) is 18.8 Å². The van der Waals surface area contributed by atoms with Crippen molar-refractivity contribution in [2.75, 3.05) is 12.4 Å². The Morgan fingerprint density at radius 1 is 1.11 bits per heavy atom. The molecule has 2 rings (SSSR count). The summed E-state index contributed by atoms with van der Waals surface area (Å²) in [5.74, 6) is -0.223. The summed E-state index contributed by atoms with van der Waals surface area (Å²) in [6, 6.07) is 13.1. The molecule has 0 radical (unpaired) electrons. The van der Waals surface area contributed by atoms with Crippen LogP contribution in [-0.2, 0) is 17.9 Å². The van der Waals surface area contributed by atoms with E-state index in [1.54, 1.807) is 13.2 Å². The molecule has 0 aromatic heterocycles. The van der Waals surface area contributed by atoms with E-state index in [2.05, 4.69) is 11.4 Å². The molecule has 0 fully saturated rings. The number of nitrogens with one attached hydrogen (secondary N) is 1. The number of halogens is 1. The van der Waals surface area contributed by atoms with Crippen molar-refractivity contribution in [1.82, 2.24) is 0 Å². The molecular weight excluding hydrogens is 241 g/mol. The predicted molar refractivity (Wildman–Crippen MR) is 75.6 cm³/mol. The van der Waals surface area contributed by atoms with Crippen LogP contribution in [0.4, 0.5) is 10.1 Å². The average Bonchev–Trinajstić information content (AvgIpc) is 2.41. The van der Waals surface area contributed by atoms with Gasteiger partial charge in [-0.15, -0.1) is 0 Å². The maximum absolute atomic E-state index is 13.6. The van der Waals surface area contributed by atoms with E-state index >= 15 is 0 Å². The number of aryl methyl sites for hydroxylation is 1. The van der Waals surface area contributed by atoms with E-state index in [9.17, 15) is 4.39 Å². The molecule has 0 aliphatic carbocycles. The zero-order valence-electron chi connectivity index (χ0n) is 11.2. The van der Waals surface area contributed by atoms with Crippen molar-refractivity contribution >= 4 is 5.69 Å². The summed E-state index contributed by atoms with van der Waals surface area (Å²) in [6.07, 6.45) is 0. The van der Waals surface area contributed by atoms with Crippen LogP contribution in [-0.4, -0.2) is 7.11 Å². The summed E-state index contributed by atoms with van der Waals surface area (Å²) >= 11 is 0. The minimum absolute atomic E-state index is 0.223. The largest absolute Gasteiger partial charge is 0.380 e. The normalized spacial score (nSPS) is 10.5. The third kappa shape index (κ3) is 3.80. The SMILES string of the molecule is COCc1cccc(CNc2cc(C)ccc2F)c1. The molecule has 3 heteroatoms. The first kappa shape index (κ1) is 13.6. The topological polar surface area (TPSA) is 21.3 Å². The standard InChI is InChI=1S/C16H18FNO/c1-12-6-7-15(17)16(8-12)18-10-13-4-3-5-14(9-13)11-19-2/h3-9,18H,10-11H2,1-2H3. The van der Waals surface area contributed by atoms with Gasteiger partial charge in [-0.25, -0.2) is 4.39 Å². The molecule has 0 spiro atoms. The lowest BCUT2D eigenvalue weighted by molar-refractivity contribution is 0.185. The van der Waals surface area contributed by atoms with Crippen LogP contribution >= 0.6 is 0 Å². The number of hydrogen-bond acceptors (Lipinski definition) is 2. The van der Waals surface area contributed by atoms with Gasteiger partial charge >= 0.3 is 0 Å². The van der Waals surface area contributed by atoms with Crippen molar-refractivity contribution in [3.05, 3.63) is 65.0 Å². The molecule has 1 N–H and O–H groups in total. The van der Waals surface area contributed by atoms with Gasteiger partial charge in [0.15, 0.2) is 0 Å². The van der Waals surface area contributed by atoms with Gasteiger partial charge in [-0.05, 0) is 35.7 Å². The third-order valence-corrected chi connectivity index (χ3v) is 2.91. The predicted octanol–water partition coefficient (Wildman–Crippen LogP) is 3.89.